The molecule has 0 fully saturated rings. The molecule has 0 saturated carbocycles. The van der Waals surface area contributed by atoms with Crippen molar-refractivity contribution in [3.63, 3.8) is 0 Å². The van der Waals surface area contributed by atoms with E-state index in [1.807, 2.05) is 20.8 Å². The quantitative estimate of drug-likeness (QED) is 0.799. The molecule has 15 heavy (non-hydrogen) atoms. The van der Waals surface area contributed by atoms with Crippen molar-refractivity contribution in [2.24, 2.45) is 0 Å². The van der Waals surface area contributed by atoms with E-state index in [1.165, 1.54) is 0 Å². The minimum Gasteiger partial charge on any atom is -0.341 e. The molecule has 1 aromatic heterocycles. The zero-order valence-electron chi connectivity index (χ0n) is 9.36. The van der Waals surface area contributed by atoms with Crippen molar-refractivity contribution in [3.8, 4) is 0 Å². The van der Waals surface area contributed by atoms with Gasteiger partial charge in [0.15, 0.2) is 4.77 Å². The number of carbonyl (C=O) groups is 1. The smallest absolute Gasteiger partial charge is 0.245 e. The molecule has 1 amide bonds. The second-order valence-electron chi connectivity index (χ2n) is 3.36. The van der Waals surface area contributed by atoms with Gasteiger partial charge < -0.3 is 14.5 Å². The fourth-order valence-electron chi connectivity index (χ4n) is 1.55. The van der Waals surface area contributed by atoms with Crippen LogP contribution in [-0.4, -0.2) is 33.4 Å². The number of nitrogens with zero attached hydrogens (tertiary/aromatic N) is 2. The summed E-state index contributed by atoms with van der Waals surface area (Å²) in [6.07, 6.45) is 3.54. The van der Waals surface area contributed by atoms with Crippen LogP contribution in [0, 0.1) is 4.77 Å². The number of nitrogens with one attached hydrogen (secondary N) is 1. The Hall–Kier alpha value is -1.10. The lowest BCUT2D eigenvalue weighted by molar-refractivity contribution is -0.133. The van der Waals surface area contributed by atoms with E-state index in [1.54, 1.807) is 21.9 Å². The van der Waals surface area contributed by atoms with Gasteiger partial charge in [-0.3, -0.25) is 4.79 Å². The summed E-state index contributed by atoms with van der Waals surface area (Å²) in [7, 11) is 0. The minimum absolute atomic E-state index is 0.107. The third-order valence-electron chi connectivity index (χ3n) is 2.53. The van der Waals surface area contributed by atoms with Gasteiger partial charge in [-0.2, -0.15) is 0 Å². The van der Waals surface area contributed by atoms with Crippen LogP contribution < -0.4 is 0 Å². The molecular formula is C10H17N3OS. The first-order chi connectivity index (χ1) is 7.11. The number of hydrogen-bond acceptors (Lipinski definition) is 2. The van der Waals surface area contributed by atoms with Crippen molar-refractivity contribution in [2.45, 2.75) is 26.8 Å². The number of H-pyrrole nitrogens is 1. The predicted octanol–water partition coefficient (Wildman–Crippen LogP) is 1.98. The van der Waals surface area contributed by atoms with Gasteiger partial charge in [0.05, 0.1) is 0 Å². The van der Waals surface area contributed by atoms with Gasteiger partial charge in [0.1, 0.15) is 6.04 Å². The molecule has 0 spiro atoms. The fourth-order valence-corrected chi connectivity index (χ4v) is 1.84. The number of rotatable bonds is 4. The normalized spacial score (nSPS) is 12.5. The lowest BCUT2D eigenvalue weighted by atomic mass is 10.3. The van der Waals surface area contributed by atoms with Crippen molar-refractivity contribution in [2.75, 3.05) is 13.1 Å². The fraction of sp³-hybridized carbons (Fsp3) is 0.600. The summed E-state index contributed by atoms with van der Waals surface area (Å²) < 4.78 is 2.36. The molecule has 1 N–H and O–H groups in total. The molecule has 0 aliphatic carbocycles. The first-order valence-corrected chi connectivity index (χ1v) is 5.56. The van der Waals surface area contributed by atoms with Crippen LogP contribution in [0.15, 0.2) is 12.4 Å². The molecule has 4 nitrogen and oxygen atoms in total. The van der Waals surface area contributed by atoms with E-state index in [0.29, 0.717) is 4.77 Å². The molecule has 1 rings (SSSR count). The van der Waals surface area contributed by atoms with E-state index >= 15 is 0 Å². The zero-order valence-corrected chi connectivity index (χ0v) is 10.2. The van der Waals surface area contributed by atoms with E-state index in [9.17, 15) is 4.79 Å². The molecule has 0 radical (unpaired) electrons. The second-order valence-corrected chi connectivity index (χ2v) is 3.75. The molecule has 84 valence electrons. The Morgan fingerprint density at radius 1 is 1.60 bits per heavy atom. The Morgan fingerprint density at radius 2 is 2.20 bits per heavy atom. The highest BCUT2D eigenvalue weighted by molar-refractivity contribution is 7.71. The lowest BCUT2D eigenvalue weighted by Gasteiger charge is -2.23. The van der Waals surface area contributed by atoms with E-state index in [0.717, 1.165) is 13.1 Å². The van der Waals surface area contributed by atoms with Crippen molar-refractivity contribution >= 4 is 18.1 Å². The van der Waals surface area contributed by atoms with Gasteiger partial charge in [-0.25, -0.2) is 0 Å². The van der Waals surface area contributed by atoms with Crippen LogP contribution in [0.2, 0.25) is 0 Å². The summed E-state index contributed by atoms with van der Waals surface area (Å²) in [6, 6.07) is -0.233. The molecule has 0 bridgehead atoms. The average Bonchev–Trinajstić information content (AvgIpc) is 2.65. The summed E-state index contributed by atoms with van der Waals surface area (Å²) in [5.74, 6) is 0.107. The highest BCUT2D eigenvalue weighted by atomic mass is 32.1. The molecule has 0 aromatic carbocycles. The maximum absolute atomic E-state index is 12.0. The topological polar surface area (TPSA) is 41.0 Å². The highest BCUT2D eigenvalue weighted by Gasteiger charge is 2.19. The van der Waals surface area contributed by atoms with Crippen LogP contribution in [0.5, 0.6) is 0 Å². The number of hydrogen-bond donors (Lipinski definition) is 1. The van der Waals surface area contributed by atoms with Crippen molar-refractivity contribution in [1.82, 2.24) is 14.5 Å². The van der Waals surface area contributed by atoms with Crippen molar-refractivity contribution in [1.29, 1.82) is 0 Å². The van der Waals surface area contributed by atoms with E-state index < -0.39 is 0 Å². The molecule has 1 aromatic rings. The lowest BCUT2D eigenvalue weighted by Crippen LogP contribution is -2.35. The van der Waals surface area contributed by atoms with Crippen molar-refractivity contribution in [3.05, 3.63) is 17.2 Å². The Balaban J connectivity index is 2.86. The Kier molecular flexibility index (Phi) is 4.08. The summed E-state index contributed by atoms with van der Waals surface area (Å²) in [6.45, 7) is 7.29. The standard InChI is InChI=1S/C10H17N3OS/c1-4-12(5-2)9(14)8(3)13-7-6-11-10(13)15/h6-8H,4-5H2,1-3H3,(H,11,15). The molecule has 1 unspecified atom stereocenters. The first kappa shape index (κ1) is 12.0. The highest BCUT2D eigenvalue weighted by Crippen LogP contribution is 2.10. The van der Waals surface area contributed by atoms with Gasteiger partial charge in [-0.05, 0) is 33.0 Å². The van der Waals surface area contributed by atoms with Gasteiger partial charge in [-0.15, -0.1) is 0 Å². The van der Waals surface area contributed by atoms with Gasteiger partial charge in [-0.1, -0.05) is 0 Å². The Morgan fingerprint density at radius 3 is 2.60 bits per heavy atom. The zero-order chi connectivity index (χ0) is 11.4. The number of aromatic amines is 1. The van der Waals surface area contributed by atoms with Crippen LogP contribution in [0.1, 0.15) is 26.8 Å². The summed E-state index contributed by atoms with van der Waals surface area (Å²) in [4.78, 5) is 16.7. The Bertz CT molecular complexity index is 378. The summed E-state index contributed by atoms with van der Waals surface area (Å²) in [5, 5.41) is 0. The molecule has 0 aliphatic heterocycles. The molecular weight excluding hydrogens is 210 g/mol. The van der Waals surface area contributed by atoms with Gasteiger partial charge in [0.25, 0.3) is 0 Å². The predicted molar refractivity (Wildman–Crippen MR) is 62.3 cm³/mol. The third kappa shape index (κ3) is 2.47. The third-order valence-corrected chi connectivity index (χ3v) is 2.85. The Labute approximate surface area is 94.9 Å². The maximum atomic E-state index is 12.0. The number of likely N-dealkylation sites (N-methyl/N-ethyl adjacent to an activating group) is 1. The van der Waals surface area contributed by atoms with Gasteiger partial charge >= 0.3 is 0 Å². The van der Waals surface area contributed by atoms with Crippen LogP contribution in [0.3, 0.4) is 0 Å². The van der Waals surface area contributed by atoms with E-state index in [4.69, 9.17) is 12.2 Å². The molecule has 1 atom stereocenters. The van der Waals surface area contributed by atoms with Gasteiger partial charge in [0, 0.05) is 25.5 Å². The second kappa shape index (κ2) is 5.11. The molecule has 5 heteroatoms. The van der Waals surface area contributed by atoms with E-state index in [-0.39, 0.29) is 11.9 Å². The number of carbonyl (C=O) groups excluding carboxylic acids is 1. The average molecular weight is 227 g/mol. The van der Waals surface area contributed by atoms with Crippen LogP contribution in [-0.2, 0) is 4.79 Å². The molecule has 1 heterocycles. The number of aromatic nitrogens is 2. The van der Waals surface area contributed by atoms with Gasteiger partial charge in [0.2, 0.25) is 5.91 Å². The summed E-state index contributed by atoms with van der Waals surface area (Å²) >= 11 is 5.08. The SMILES string of the molecule is CCN(CC)C(=O)C(C)n1cc[nH]c1=S. The monoisotopic (exact) mass is 227 g/mol. The molecule has 0 aliphatic rings. The number of imidazole rings is 1. The largest absolute Gasteiger partial charge is 0.341 e. The van der Waals surface area contributed by atoms with E-state index in [2.05, 4.69) is 4.98 Å². The first-order valence-electron chi connectivity index (χ1n) is 5.16. The summed E-state index contributed by atoms with van der Waals surface area (Å²) in [5.41, 5.74) is 0. The van der Waals surface area contributed by atoms with Crippen LogP contribution in [0.4, 0.5) is 0 Å². The van der Waals surface area contributed by atoms with Crippen molar-refractivity contribution < 1.29 is 4.79 Å². The number of amides is 1. The van der Waals surface area contributed by atoms with Crippen LogP contribution >= 0.6 is 12.2 Å². The van der Waals surface area contributed by atoms with Crippen LogP contribution in [0.25, 0.3) is 0 Å². The minimum atomic E-state index is -0.233. The maximum Gasteiger partial charge on any atom is 0.245 e. The molecule has 0 saturated heterocycles.